The normalized spacial score (nSPS) is 13.5. The summed E-state index contributed by atoms with van der Waals surface area (Å²) in [6.45, 7) is -3.00. The van der Waals surface area contributed by atoms with E-state index in [4.69, 9.17) is 4.74 Å². The molecule has 1 aliphatic rings. The van der Waals surface area contributed by atoms with E-state index in [0.717, 1.165) is 4.90 Å². The molecule has 1 heterocycles. The van der Waals surface area contributed by atoms with E-state index in [1.54, 1.807) is 0 Å². The van der Waals surface area contributed by atoms with Crippen molar-refractivity contribution in [3.63, 3.8) is 0 Å². The summed E-state index contributed by atoms with van der Waals surface area (Å²) in [5.41, 5.74) is 0.107. The minimum Gasteiger partial charge on any atom is -0.493 e. The van der Waals surface area contributed by atoms with Gasteiger partial charge in [0.15, 0.2) is 11.5 Å². The van der Waals surface area contributed by atoms with Crippen LogP contribution in [0.25, 0.3) is 0 Å². The van der Waals surface area contributed by atoms with Gasteiger partial charge in [0.05, 0.1) is 18.4 Å². The Morgan fingerprint density at radius 1 is 1.23 bits per heavy atom. The maximum Gasteiger partial charge on any atom is 0.387 e. The number of para-hydroxylation sites is 1. The van der Waals surface area contributed by atoms with Gasteiger partial charge in [0.25, 0.3) is 5.91 Å². The lowest BCUT2D eigenvalue weighted by Gasteiger charge is -2.30. The van der Waals surface area contributed by atoms with Crippen LogP contribution in [0.4, 0.5) is 23.2 Å². The Kier molecular flexibility index (Phi) is 5.01. The van der Waals surface area contributed by atoms with Crippen LogP contribution in [0.1, 0.15) is 22.3 Å². The first kappa shape index (κ1) is 18.0. The molecule has 2 aromatic carbocycles. The van der Waals surface area contributed by atoms with Gasteiger partial charge in [-0.25, -0.2) is 8.78 Å². The Morgan fingerprint density at radius 2 is 2.00 bits per heavy atom. The van der Waals surface area contributed by atoms with Crippen LogP contribution in [-0.2, 0) is 6.42 Å². The summed E-state index contributed by atoms with van der Waals surface area (Å²) < 4.78 is 62.7. The number of amides is 1. The van der Waals surface area contributed by atoms with Crippen molar-refractivity contribution in [1.29, 1.82) is 0 Å². The summed E-state index contributed by atoms with van der Waals surface area (Å²) in [4.78, 5) is 14.1. The molecule has 0 radical (unpaired) electrons. The molecule has 0 N–H and O–H groups in total. The predicted octanol–water partition coefficient (Wildman–Crippen LogP) is 4.17. The Bertz CT molecular complexity index is 841. The third-order valence-corrected chi connectivity index (χ3v) is 4.09. The van der Waals surface area contributed by atoms with Gasteiger partial charge in [-0.2, -0.15) is 8.78 Å². The molecule has 0 fully saturated rings. The van der Waals surface area contributed by atoms with Crippen LogP contribution in [0.2, 0.25) is 0 Å². The van der Waals surface area contributed by atoms with Crippen LogP contribution in [0.5, 0.6) is 11.5 Å². The van der Waals surface area contributed by atoms with E-state index >= 15 is 0 Å². The number of hydrogen-bond donors (Lipinski definition) is 0. The van der Waals surface area contributed by atoms with E-state index in [1.165, 1.54) is 31.4 Å². The molecular weight excluding hydrogens is 354 g/mol. The van der Waals surface area contributed by atoms with Crippen LogP contribution in [0.3, 0.4) is 0 Å². The highest BCUT2D eigenvalue weighted by Crippen LogP contribution is 2.37. The summed E-state index contributed by atoms with van der Waals surface area (Å²) in [5, 5.41) is 0. The molecule has 3 rings (SSSR count). The van der Waals surface area contributed by atoms with Crippen molar-refractivity contribution in [3.8, 4) is 11.5 Å². The first-order valence-electron chi connectivity index (χ1n) is 7.84. The zero-order valence-electron chi connectivity index (χ0n) is 13.8. The highest BCUT2D eigenvalue weighted by Gasteiger charge is 2.30. The Hall–Kier alpha value is -2.77. The molecule has 0 bridgehead atoms. The lowest BCUT2D eigenvalue weighted by molar-refractivity contribution is -0.0515. The van der Waals surface area contributed by atoms with Gasteiger partial charge in [-0.05, 0) is 36.6 Å². The second-order valence-corrected chi connectivity index (χ2v) is 5.67. The molecular formula is C18H15F4NO3. The molecule has 4 nitrogen and oxygen atoms in total. The van der Waals surface area contributed by atoms with Crippen molar-refractivity contribution in [2.24, 2.45) is 0 Å². The number of benzene rings is 2. The summed E-state index contributed by atoms with van der Waals surface area (Å²) in [7, 11) is 1.25. The number of fused-ring (bicyclic) bond motifs is 1. The summed E-state index contributed by atoms with van der Waals surface area (Å²) in [6, 6.07) is 5.95. The molecule has 0 saturated carbocycles. The lowest BCUT2D eigenvalue weighted by atomic mass is 9.99. The van der Waals surface area contributed by atoms with Gasteiger partial charge in [0.2, 0.25) is 0 Å². The quantitative estimate of drug-likeness (QED) is 0.760. The average Bonchev–Trinajstić information content (AvgIpc) is 2.60. The number of hydrogen-bond acceptors (Lipinski definition) is 3. The summed E-state index contributed by atoms with van der Waals surface area (Å²) in [6.07, 6.45) is 0.892. The van der Waals surface area contributed by atoms with Crippen LogP contribution < -0.4 is 14.4 Å². The van der Waals surface area contributed by atoms with Crippen molar-refractivity contribution in [3.05, 3.63) is 53.1 Å². The first-order valence-corrected chi connectivity index (χ1v) is 7.84. The number of rotatable bonds is 4. The standard InChI is InChI=1S/C18H15F4NO3/c1-25-14-6-2-5-12(16(14)26-18(21)22)17(24)23-7-3-4-10-8-11(19)9-13(20)15(10)23/h2,5-6,8-9,18H,3-4,7H2,1H3. The van der Waals surface area contributed by atoms with Crippen molar-refractivity contribution < 1.29 is 31.8 Å². The van der Waals surface area contributed by atoms with E-state index in [1.807, 2.05) is 0 Å². The number of ether oxygens (including phenoxy) is 2. The zero-order valence-corrected chi connectivity index (χ0v) is 13.8. The van der Waals surface area contributed by atoms with E-state index in [2.05, 4.69) is 4.74 Å². The average molecular weight is 369 g/mol. The van der Waals surface area contributed by atoms with E-state index in [-0.39, 0.29) is 23.5 Å². The van der Waals surface area contributed by atoms with Crippen molar-refractivity contribution in [1.82, 2.24) is 0 Å². The Labute approximate surface area is 146 Å². The fourth-order valence-corrected chi connectivity index (χ4v) is 3.06. The molecule has 8 heteroatoms. The zero-order chi connectivity index (χ0) is 18.8. The van der Waals surface area contributed by atoms with Gasteiger partial charge in [0, 0.05) is 12.6 Å². The molecule has 2 aromatic rings. The maximum atomic E-state index is 14.3. The highest BCUT2D eigenvalue weighted by atomic mass is 19.3. The lowest BCUT2D eigenvalue weighted by Crippen LogP contribution is -2.36. The van der Waals surface area contributed by atoms with Crippen LogP contribution in [-0.4, -0.2) is 26.2 Å². The third kappa shape index (κ3) is 3.31. The largest absolute Gasteiger partial charge is 0.493 e. The van der Waals surface area contributed by atoms with Gasteiger partial charge in [-0.1, -0.05) is 6.07 Å². The van der Waals surface area contributed by atoms with Gasteiger partial charge in [-0.3, -0.25) is 4.79 Å². The molecule has 0 aliphatic carbocycles. The van der Waals surface area contributed by atoms with Crippen molar-refractivity contribution in [2.75, 3.05) is 18.6 Å². The Morgan fingerprint density at radius 3 is 2.69 bits per heavy atom. The second kappa shape index (κ2) is 7.23. The van der Waals surface area contributed by atoms with E-state index < -0.39 is 29.9 Å². The van der Waals surface area contributed by atoms with Crippen molar-refractivity contribution in [2.45, 2.75) is 19.5 Å². The SMILES string of the molecule is COc1cccc(C(=O)N2CCCc3cc(F)cc(F)c32)c1OC(F)F. The van der Waals surface area contributed by atoms with Gasteiger partial charge >= 0.3 is 6.61 Å². The highest BCUT2D eigenvalue weighted by molar-refractivity contribution is 6.09. The van der Waals surface area contributed by atoms with Gasteiger partial charge in [-0.15, -0.1) is 0 Å². The first-order chi connectivity index (χ1) is 12.4. The van der Waals surface area contributed by atoms with Crippen LogP contribution in [0.15, 0.2) is 30.3 Å². The monoisotopic (exact) mass is 369 g/mol. The molecule has 0 aromatic heterocycles. The van der Waals surface area contributed by atoms with E-state index in [0.29, 0.717) is 24.5 Å². The number of carbonyl (C=O) groups excluding carboxylic acids is 1. The number of methoxy groups -OCH3 is 1. The fraction of sp³-hybridized carbons (Fsp3) is 0.278. The summed E-state index contributed by atoms with van der Waals surface area (Å²) in [5.74, 6) is -2.82. The fourth-order valence-electron chi connectivity index (χ4n) is 3.06. The number of halogens is 4. The topological polar surface area (TPSA) is 38.8 Å². The molecule has 0 unspecified atom stereocenters. The number of carbonyl (C=O) groups is 1. The molecule has 0 spiro atoms. The van der Waals surface area contributed by atoms with Gasteiger partial charge < -0.3 is 14.4 Å². The summed E-state index contributed by atoms with van der Waals surface area (Å²) >= 11 is 0. The molecule has 0 atom stereocenters. The molecule has 1 aliphatic heterocycles. The smallest absolute Gasteiger partial charge is 0.387 e. The minimum absolute atomic E-state index is 0.0477. The minimum atomic E-state index is -3.17. The van der Waals surface area contributed by atoms with Crippen molar-refractivity contribution >= 4 is 11.6 Å². The molecule has 0 saturated heterocycles. The molecule has 1 amide bonds. The van der Waals surface area contributed by atoms with Crippen LogP contribution >= 0.6 is 0 Å². The van der Waals surface area contributed by atoms with Crippen LogP contribution in [0, 0.1) is 11.6 Å². The van der Waals surface area contributed by atoms with E-state index in [9.17, 15) is 22.4 Å². The number of alkyl halides is 2. The number of anilines is 1. The molecule has 26 heavy (non-hydrogen) atoms. The molecule has 138 valence electrons. The number of aryl methyl sites for hydroxylation is 1. The predicted molar refractivity (Wildman–Crippen MR) is 86.0 cm³/mol. The number of nitrogens with zero attached hydrogens (tertiary/aromatic N) is 1. The Balaban J connectivity index is 2.07. The van der Waals surface area contributed by atoms with Gasteiger partial charge in [0.1, 0.15) is 11.6 Å². The second-order valence-electron chi connectivity index (χ2n) is 5.67. The third-order valence-electron chi connectivity index (χ3n) is 4.09. The maximum absolute atomic E-state index is 14.3.